The van der Waals surface area contributed by atoms with Crippen molar-refractivity contribution in [2.45, 2.75) is 25.4 Å². The Hall–Kier alpha value is -0.500. The maximum Gasteiger partial charge on any atom is 0.0671 e. The van der Waals surface area contributed by atoms with Crippen LogP contribution in [-0.4, -0.2) is 30.2 Å². The minimum atomic E-state index is 0.649. The monoisotopic (exact) mass is 139 g/mol. The molecule has 0 aliphatic carbocycles. The van der Waals surface area contributed by atoms with E-state index >= 15 is 0 Å². The van der Waals surface area contributed by atoms with Crippen LogP contribution in [0.15, 0.2) is 12.3 Å². The minimum Gasteiger partial charge on any atom is -0.377 e. The molecule has 0 aromatic carbocycles. The third-order valence-electron chi connectivity index (χ3n) is 2.39. The molecule has 0 amide bonds. The fourth-order valence-electron chi connectivity index (χ4n) is 1.96. The largest absolute Gasteiger partial charge is 0.377 e. The van der Waals surface area contributed by atoms with E-state index in [1.165, 1.54) is 12.1 Å². The second kappa shape index (κ2) is 1.99. The van der Waals surface area contributed by atoms with E-state index in [4.69, 9.17) is 4.74 Å². The van der Waals surface area contributed by atoms with E-state index in [-0.39, 0.29) is 0 Å². The predicted molar refractivity (Wildman–Crippen MR) is 39.7 cm³/mol. The van der Waals surface area contributed by atoms with Crippen molar-refractivity contribution in [2.24, 2.45) is 0 Å². The van der Waals surface area contributed by atoms with E-state index in [2.05, 4.69) is 18.4 Å². The third kappa shape index (κ3) is 0.686. The molecular formula is C8H13NO. The number of morpholine rings is 1. The summed E-state index contributed by atoms with van der Waals surface area (Å²) in [6, 6.07) is 1.30. The van der Waals surface area contributed by atoms with Crippen molar-refractivity contribution in [1.82, 2.24) is 4.90 Å². The molecule has 10 heavy (non-hydrogen) atoms. The van der Waals surface area contributed by atoms with E-state index < -0.39 is 0 Å². The van der Waals surface area contributed by atoms with Crippen molar-refractivity contribution < 1.29 is 4.74 Å². The van der Waals surface area contributed by atoms with Gasteiger partial charge in [-0.25, -0.2) is 0 Å². The van der Waals surface area contributed by atoms with E-state index in [9.17, 15) is 0 Å². The second-order valence-corrected chi connectivity index (χ2v) is 3.22. The van der Waals surface area contributed by atoms with Crippen LogP contribution >= 0.6 is 0 Å². The van der Waals surface area contributed by atoms with Crippen LogP contribution < -0.4 is 0 Å². The first-order chi connectivity index (χ1) is 4.79. The van der Waals surface area contributed by atoms with E-state index in [1.807, 2.05) is 0 Å². The average Bonchev–Trinajstić information content (AvgIpc) is 1.87. The number of nitrogens with zero attached hydrogens (tertiary/aromatic N) is 1. The fraction of sp³-hybridized carbons (Fsp3) is 0.750. The normalized spacial score (nSPS) is 37.1. The van der Waals surface area contributed by atoms with Gasteiger partial charge in [-0.05, 0) is 13.3 Å². The van der Waals surface area contributed by atoms with Crippen molar-refractivity contribution in [3.05, 3.63) is 12.3 Å². The quantitative estimate of drug-likeness (QED) is 0.537. The van der Waals surface area contributed by atoms with Gasteiger partial charge in [0.2, 0.25) is 0 Å². The lowest BCUT2D eigenvalue weighted by atomic mass is 9.91. The number of hydrogen-bond donors (Lipinski definition) is 0. The lowest BCUT2D eigenvalue weighted by molar-refractivity contribution is -0.107. The van der Waals surface area contributed by atoms with Crippen LogP contribution in [0.25, 0.3) is 0 Å². The fourth-order valence-corrected chi connectivity index (χ4v) is 1.96. The highest BCUT2D eigenvalue weighted by atomic mass is 16.5. The molecule has 2 nitrogen and oxygen atoms in total. The summed E-state index contributed by atoms with van der Waals surface area (Å²) in [5.41, 5.74) is 1.20. The molecule has 0 spiro atoms. The average molecular weight is 139 g/mol. The Morgan fingerprint density at radius 3 is 2.40 bits per heavy atom. The number of allylic oxidation sites excluding steroid dienone is 1. The molecule has 0 radical (unpaired) electrons. The molecule has 0 aromatic heterocycles. The Kier molecular flexibility index (Phi) is 1.24. The Bertz CT molecular complexity index is 153. The maximum absolute atomic E-state index is 5.33. The predicted octanol–water partition coefficient (Wildman–Crippen LogP) is 0.993. The SMILES string of the molecule is C=C(C)N1C2COCC1C2. The third-order valence-corrected chi connectivity index (χ3v) is 2.39. The van der Waals surface area contributed by atoms with Gasteiger partial charge in [-0.2, -0.15) is 0 Å². The molecule has 3 fully saturated rings. The van der Waals surface area contributed by atoms with Crippen molar-refractivity contribution in [2.75, 3.05) is 13.2 Å². The van der Waals surface area contributed by atoms with Gasteiger partial charge in [0.1, 0.15) is 0 Å². The van der Waals surface area contributed by atoms with Crippen LogP contribution in [0.1, 0.15) is 13.3 Å². The number of hydrogen-bond acceptors (Lipinski definition) is 2. The first kappa shape index (κ1) is 6.23. The second-order valence-electron chi connectivity index (χ2n) is 3.22. The van der Waals surface area contributed by atoms with Gasteiger partial charge in [0.25, 0.3) is 0 Å². The molecule has 2 atom stereocenters. The van der Waals surface area contributed by atoms with Crippen LogP contribution in [0.5, 0.6) is 0 Å². The molecule has 0 saturated carbocycles. The minimum absolute atomic E-state index is 0.649. The smallest absolute Gasteiger partial charge is 0.0671 e. The first-order valence-electron chi connectivity index (χ1n) is 3.80. The molecule has 3 heterocycles. The summed E-state index contributed by atoms with van der Waals surface area (Å²) in [5, 5.41) is 0. The van der Waals surface area contributed by atoms with Crippen molar-refractivity contribution in [3.8, 4) is 0 Å². The Balaban J connectivity index is 2.06. The van der Waals surface area contributed by atoms with Crippen LogP contribution in [0.4, 0.5) is 0 Å². The molecule has 2 heteroatoms. The van der Waals surface area contributed by atoms with Gasteiger partial charge in [-0.3, -0.25) is 0 Å². The molecule has 56 valence electrons. The van der Waals surface area contributed by atoms with Gasteiger partial charge < -0.3 is 9.64 Å². The van der Waals surface area contributed by atoms with Gasteiger partial charge >= 0.3 is 0 Å². The highest BCUT2D eigenvalue weighted by Crippen LogP contribution is 2.33. The lowest BCUT2D eigenvalue weighted by Gasteiger charge is -2.54. The van der Waals surface area contributed by atoms with Gasteiger partial charge in [-0.1, -0.05) is 6.58 Å². The van der Waals surface area contributed by atoms with Gasteiger partial charge in [0.05, 0.1) is 25.3 Å². The highest BCUT2D eigenvalue weighted by molar-refractivity contribution is 5.06. The van der Waals surface area contributed by atoms with Gasteiger partial charge in [-0.15, -0.1) is 0 Å². The molecular weight excluding hydrogens is 126 g/mol. The molecule has 3 aliphatic heterocycles. The molecule has 3 aliphatic rings. The summed E-state index contributed by atoms with van der Waals surface area (Å²) in [6.45, 7) is 7.82. The van der Waals surface area contributed by atoms with Crippen molar-refractivity contribution in [1.29, 1.82) is 0 Å². The summed E-state index contributed by atoms with van der Waals surface area (Å²) < 4.78 is 5.33. The van der Waals surface area contributed by atoms with Crippen molar-refractivity contribution >= 4 is 0 Å². The summed E-state index contributed by atoms with van der Waals surface area (Å²) in [5.74, 6) is 0. The van der Waals surface area contributed by atoms with Gasteiger partial charge in [0, 0.05) is 5.70 Å². The van der Waals surface area contributed by atoms with E-state index in [1.54, 1.807) is 0 Å². The first-order valence-corrected chi connectivity index (χ1v) is 3.80. The zero-order chi connectivity index (χ0) is 7.14. The molecule has 3 saturated heterocycles. The number of ether oxygens (including phenoxy) is 1. The Morgan fingerprint density at radius 1 is 1.50 bits per heavy atom. The van der Waals surface area contributed by atoms with Gasteiger partial charge in [0.15, 0.2) is 0 Å². The lowest BCUT2D eigenvalue weighted by Crippen LogP contribution is -2.62. The summed E-state index contributed by atoms with van der Waals surface area (Å²) in [7, 11) is 0. The summed E-state index contributed by atoms with van der Waals surface area (Å²) in [4.78, 5) is 2.38. The topological polar surface area (TPSA) is 12.5 Å². The molecule has 0 aromatic rings. The Morgan fingerprint density at radius 2 is 2.10 bits per heavy atom. The van der Waals surface area contributed by atoms with E-state index in [0.29, 0.717) is 12.1 Å². The molecule has 0 N–H and O–H groups in total. The highest BCUT2D eigenvalue weighted by Gasteiger charge is 2.41. The van der Waals surface area contributed by atoms with Crippen LogP contribution in [0.3, 0.4) is 0 Å². The molecule has 2 unspecified atom stereocenters. The zero-order valence-corrected chi connectivity index (χ0v) is 6.34. The van der Waals surface area contributed by atoms with Crippen molar-refractivity contribution in [3.63, 3.8) is 0 Å². The maximum atomic E-state index is 5.33. The van der Waals surface area contributed by atoms with Crippen LogP contribution in [-0.2, 0) is 4.74 Å². The summed E-state index contributed by atoms with van der Waals surface area (Å²) in [6.07, 6.45) is 1.31. The molecule has 3 rings (SSSR count). The zero-order valence-electron chi connectivity index (χ0n) is 6.34. The number of rotatable bonds is 1. The standard InChI is InChI=1S/C8H13NO/c1-6(2)9-7-3-8(9)5-10-4-7/h7-8H,1,3-5H2,2H3. The van der Waals surface area contributed by atoms with Crippen LogP contribution in [0, 0.1) is 0 Å². The number of fused-ring (bicyclic) bond motifs is 2. The Labute approximate surface area is 61.5 Å². The summed E-state index contributed by atoms with van der Waals surface area (Å²) >= 11 is 0. The molecule has 2 bridgehead atoms. The van der Waals surface area contributed by atoms with E-state index in [0.717, 1.165) is 13.2 Å². The van der Waals surface area contributed by atoms with Crippen LogP contribution in [0.2, 0.25) is 0 Å².